The van der Waals surface area contributed by atoms with Crippen molar-refractivity contribution < 1.29 is 8.42 Å². The van der Waals surface area contributed by atoms with Crippen LogP contribution in [0.3, 0.4) is 0 Å². The molecule has 1 fully saturated rings. The Hall–Kier alpha value is -2.14. The maximum absolute atomic E-state index is 12.3. The van der Waals surface area contributed by atoms with Crippen LogP contribution in [0, 0.1) is 13.8 Å². The number of nitrogens with one attached hydrogen (secondary N) is 1. The third-order valence-corrected chi connectivity index (χ3v) is 5.96. The molecule has 0 amide bonds. The van der Waals surface area contributed by atoms with Gasteiger partial charge in [-0.3, -0.25) is 0 Å². The van der Waals surface area contributed by atoms with Crippen molar-refractivity contribution in [1.82, 2.24) is 4.83 Å². The van der Waals surface area contributed by atoms with Crippen LogP contribution in [0.1, 0.15) is 48.3 Å². The summed E-state index contributed by atoms with van der Waals surface area (Å²) in [6, 6.07) is 15.4. The second-order valence-electron chi connectivity index (χ2n) is 6.77. The quantitative estimate of drug-likeness (QED) is 0.831. The zero-order valence-corrected chi connectivity index (χ0v) is 15.5. The number of hydrogen-bond acceptors (Lipinski definition) is 3. The standard InChI is InChI=1S/C20H24N2O2S/c1-15-6-12-20(13-7-15)25(23,24)22-21-19-10-8-17(9-11-19)18-5-3-4-16(2)14-18/h3-7,12-14,17,22H,8-11H2,1-2H3. The van der Waals surface area contributed by atoms with Crippen LogP contribution < -0.4 is 4.83 Å². The highest BCUT2D eigenvalue weighted by atomic mass is 32.2. The molecule has 4 nitrogen and oxygen atoms in total. The molecule has 132 valence electrons. The molecule has 0 unspecified atom stereocenters. The van der Waals surface area contributed by atoms with Crippen LogP contribution in [-0.2, 0) is 10.0 Å². The number of sulfonamides is 1. The molecule has 0 bridgehead atoms. The number of aryl methyl sites for hydroxylation is 2. The second-order valence-corrected chi connectivity index (χ2v) is 8.44. The molecule has 0 radical (unpaired) electrons. The Morgan fingerprint density at radius 2 is 1.64 bits per heavy atom. The second kappa shape index (κ2) is 7.40. The van der Waals surface area contributed by atoms with E-state index in [1.165, 1.54) is 11.1 Å². The first-order chi connectivity index (χ1) is 11.9. The molecule has 2 aromatic rings. The first-order valence-corrected chi connectivity index (χ1v) is 10.1. The van der Waals surface area contributed by atoms with Crippen molar-refractivity contribution in [1.29, 1.82) is 0 Å². The van der Waals surface area contributed by atoms with Crippen molar-refractivity contribution in [2.45, 2.75) is 50.3 Å². The Labute approximate surface area is 150 Å². The largest absolute Gasteiger partial charge is 0.276 e. The lowest BCUT2D eigenvalue weighted by atomic mass is 9.83. The Morgan fingerprint density at radius 3 is 2.28 bits per heavy atom. The normalized spacial score (nSPS) is 18.0. The van der Waals surface area contributed by atoms with Gasteiger partial charge in [-0.15, -0.1) is 0 Å². The number of benzene rings is 2. The summed E-state index contributed by atoms with van der Waals surface area (Å²) in [7, 11) is -3.59. The molecule has 0 spiro atoms. The maximum atomic E-state index is 12.3. The predicted molar refractivity (Wildman–Crippen MR) is 101 cm³/mol. The lowest BCUT2D eigenvalue weighted by Gasteiger charge is -2.23. The van der Waals surface area contributed by atoms with E-state index in [1.54, 1.807) is 24.3 Å². The molecule has 1 aliphatic rings. The first-order valence-electron chi connectivity index (χ1n) is 8.64. The summed E-state index contributed by atoms with van der Waals surface area (Å²) in [5, 5.41) is 4.18. The van der Waals surface area contributed by atoms with Crippen LogP contribution in [0.5, 0.6) is 0 Å². The summed E-state index contributed by atoms with van der Waals surface area (Å²) in [5.41, 5.74) is 4.61. The molecule has 0 aromatic heterocycles. The van der Waals surface area contributed by atoms with Gasteiger partial charge in [0.15, 0.2) is 0 Å². The minimum absolute atomic E-state index is 0.246. The Balaban J connectivity index is 1.62. The van der Waals surface area contributed by atoms with Crippen molar-refractivity contribution in [3.63, 3.8) is 0 Å². The van der Waals surface area contributed by atoms with Gasteiger partial charge in [-0.2, -0.15) is 13.5 Å². The van der Waals surface area contributed by atoms with Gasteiger partial charge in [0, 0.05) is 5.71 Å². The van der Waals surface area contributed by atoms with Gasteiger partial charge in [0.1, 0.15) is 0 Å². The third kappa shape index (κ3) is 4.48. The Kier molecular flexibility index (Phi) is 5.23. The van der Waals surface area contributed by atoms with Gasteiger partial charge in [-0.05, 0) is 63.1 Å². The number of nitrogens with zero attached hydrogens (tertiary/aromatic N) is 1. The highest BCUT2D eigenvalue weighted by Gasteiger charge is 2.20. The molecular formula is C20H24N2O2S. The molecule has 0 saturated heterocycles. The number of hydrogen-bond donors (Lipinski definition) is 1. The fraction of sp³-hybridized carbons (Fsp3) is 0.350. The molecule has 3 rings (SSSR count). The average molecular weight is 356 g/mol. The molecule has 0 aliphatic heterocycles. The predicted octanol–water partition coefficient (Wildman–Crippen LogP) is 4.30. The zero-order chi connectivity index (χ0) is 17.9. The Morgan fingerprint density at radius 1 is 0.960 bits per heavy atom. The monoisotopic (exact) mass is 356 g/mol. The van der Waals surface area contributed by atoms with E-state index in [0.29, 0.717) is 5.92 Å². The third-order valence-electron chi connectivity index (χ3n) is 4.73. The number of rotatable bonds is 4. The molecule has 1 N–H and O–H groups in total. The van der Waals surface area contributed by atoms with Crippen LogP contribution in [0.25, 0.3) is 0 Å². The van der Waals surface area contributed by atoms with E-state index >= 15 is 0 Å². The van der Waals surface area contributed by atoms with E-state index in [0.717, 1.165) is 37.0 Å². The van der Waals surface area contributed by atoms with Gasteiger partial charge < -0.3 is 0 Å². The lowest BCUT2D eigenvalue weighted by molar-refractivity contribution is 0.560. The van der Waals surface area contributed by atoms with Crippen molar-refractivity contribution >= 4 is 15.7 Å². The van der Waals surface area contributed by atoms with Crippen molar-refractivity contribution in [2.75, 3.05) is 0 Å². The molecule has 1 aliphatic carbocycles. The van der Waals surface area contributed by atoms with Crippen LogP contribution in [-0.4, -0.2) is 14.1 Å². The van der Waals surface area contributed by atoms with Gasteiger partial charge in [-0.25, -0.2) is 4.83 Å². The zero-order valence-electron chi connectivity index (χ0n) is 14.7. The minimum Gasteiger partial charge on any atom is -0.200 e. The summed E-state index contributed by atoms with van der Waals surface area (Å²) < 4.78 is 24.6. The minimum atomic E-state index is -3.59. The van der Waals surface area contributed by atoms with E-state index in [1.807, 2.05) is 6.92 Å². The summed E-state index contributed by atoms with van der Waals surface area (Å²) in [6.45, 7) is 4.04. The van der Waals surface area contributed by atoms with Crippen molar-refractivity contribution in [2.24, 2.45) is 5.10 Å². The summed E-state index contributed by atoms with van der Waals surface area (Å²) in [4.78, 5) is 2.63. The molecule has 0 heterocycles. The van der Waals surface area contributed by atoms with Gasteiger partial charge in [-0.1, -0.05) is 47.5 Å². The molecule has 1 saturated carbocycles. The smallest absolute Gasteiger partial charge is 0.200 e. The SMILES string of the molecule is Cc1ccc(S(=O)(=O)NN=C2CCC(c3cccc(C)c3)CC2)cc1. The highest BCUT2D eigenvalue weighted by molar-refractivity contribution is 7.89. The maximum Gasteiger partial charge on any atom is 0.276 e. The fourth-order valence-corrected chi connectivity index (χ4v) is 4.06. The van der Waals surface area contributed by atoms with Crippen LogP contribution in [0.2, 0.25) is 0 Å². The van der Waals surface area contributed by atoms with Crippen LogP contribution in [0.15, 0.2) is 58.5 Å². The number of hydrazone groups is 1. The van der Waals surface area contributed by atoms with Crippen molar-refractivity contribution in [3.8, 4) is 0 Å². The summed E-state index contributed by atoms with van der Waals surface area (Å²) >= 11 is 0. The van der Waals surface area contributed by atoms with Crippen LogP contribution in [0.4, 0.5) is 0 Å². The summed E-state index contributed by atoms with van der Waals surface area (Å²) in [5.74, 6) is 0.535. The van der Waals surface area contributed by atoms with Gasteiger partial charge in [0.2, 0.25) is 0 Å². The molecule has 2 aromatic carbocycles. The fourth-order valence-electron chi connectivity index (χ4n) is 3.21. The van der Waals surface area contributed by atoms with Crippen molar-refractivity contribution in [3.05, 3.63) is 65.2 Å². The average Bonchev–Trinajstić information content (AvgIpc) is 2.61. The molecule has 25 heavy (non-hydrogen) atoms. The topological polar surface area (TPSA) is 58.5 Å². The Bertz CT molecular complexity index is 861. The van der Waals surface area contributed by atoms with Gasteiger partial charge in [0.05, 0.1) is 4.90 Å². The van der Waals surface area contributed by atoms with Crippen LogP contribution >= 0.6 is 0 Å². The summed E-state index contributed by atoms with van der Waals surface area (Å²) in [6.07, 6.45) is 3.67. The van der Waals surface area contributed by atoms with E-state index in [4.69, 9.17) is 0 Å². The van der Waals surface area contributed by atoms with Gasteiger partial charge in [0.25, 0.3) is 10.0 Å². The van der Waals surface area contributed by atoms with E-state index in [-0.39, 0.29) is 4.90 Å². The molecular weight excluding hydrogens is 332 g/mol. The van der Waals surface area contributed by atoms with Gasteiger partial charge >= 0.3 is 0 Å². The highest BCUT2D eigenvalue weighted by Crippen LogP contribution is 2.31. The first kappa shape index (κ1) is 17.7. The van der Waals surface area contributed by atoms with E-state index < -0.39 is 10.0 Å². The van der Waals surface area contributed by atoms with E-state index in [9.17, 15) is 8.42 Å². The van der Waals surface area contributed by atoms with E-state index in [2.05, 4.69) is 41.1 Å². The molecule has 0 atom stereocenters. The lowest BCUT2D eigenvalue weighted by Crippen LogP contribution is -2.22. The molecule has 5 heteroatoms.